The first-order valence-corrected chi connectivity index (χ1v) is 12.2. The third kappa shape index (κ3) is 4.47. The number of amides is 2. The van der Waals surface area contributed by atoms with E-state index in [9.17, 15) is 9.59 Å². The van der Waals surface area contributed by atoms with Gasteiger partial charge in [-0.15, -0.1) is 0 Å². The van der Waals surface area contributed by atoms with Crippen LogP contribution in [0.2, 0.25) is 0 Å². The Labute approximate surface area is 190 Å². The molecule has 5 rings (SSSR count). The third-order valence-electron chi connectivity index (χ3n) is 7.80. The Kier molecular flexibility index (Phi) is 6.05. The van der Waals surface area contributed by atoms with Crippen LogP contribution in [0.15, 0.2) is 24.3 Å². The normalized spacial score (nSPS) is 26.8. The van der Waals surface area contributed by atoms with Crippen LogP contribution in [0.5, 0.6) is 0 Å². The van der Waals surface area contributed by atoms with E-state index in [1.165, 1.54) is 32.2 Å². The van der Waals surface area contributed by atoms with E-state index in [1.54, 1.807) is 4.90 Å². The number of nitrogens with one attached hydrogen (secondary N) is 1. The van der Waals surface area contributed by atoms with Crippen molar-refractivity contribution in [3.8, 4) is 6.07 Å². The first-order chi connectivity index (χ1) is 15.6. The number of carbonyl (C=O) groups excluding carboxylic acids is 2. The fraction of sp³-hybridized carbons (Fsp3) is 0.640. The van der Waals surface area contributed by atoms with Crippen molar-refractivity contribution in [3.05, 3.63) is 29.8 Å². The zero-order chi connectivity index (χ0) is 22.1. The Balaban J connectivity index is 1.10. The molecule has 1 N–H and O–H groups in total. The Morgan fingerprint density at radius 2 is 1.69 bits per heavy atom. The SMILES string of the molecule is N#Cc1ccc(N2CCC(NC(=O)C(=O)N3CCC4C(CCCN4C4CC4)C3)CC2)cc1. The molecule has 1 aromatic rings. The van der Waals surface area contributed by atoms with E-state index >= 15 is 0 Å². The summed E-state index contributed by atoms with van der Waals surface area (Å²) >= 11 is 0. The monoisotopic (exact) mass is 435 g/mol. The molecule has 0 spiro atoms. The standard InChI is InChI=1S/C25H33N5O2/c26-16-18-3-5-21(6-4-18)28-13-9-20(10-14-28)27-24(31)25(32)29-15-11-23-19(17-29)2-1-12-30(23)22-7-8-22/h3-6,19-20,22-23H,1-2,7-15,17H2,(H,27,31). The van der Waals surface area contributed by atoms with Crippen LogP contribution >= 0.6 is 0 Å². The van der Waals surface area contributed by atoms with Gasteiger partial charge in [0, 0.05) is 50.0 Å². The van der Waals surface area contributed by atoms with Gasteiger partial charge in [0.1, 0.15) is 0 Å². The molecule has 4 fully saturated rings. The van der Waals surface area contributed by atoms with Crippen molar-refractivity contribution in [1.29, 1.82) is 5.26 Å². The van der Waals surface area contributed by atoms with Gasteiger partial charge in [-0.3, -0.25) is 14.5 Å². The maximum absolute atomic E-state index is 12.9. The summed E-state index contributed by atoms with van der Waals surface area (Å²) in [6.45, 7) is 4.30. The van der Waals surface area contributed by atoms with E-state index in [0.29, 0.717) is 24.1 Å². The molecular formula is C25H33N5O2. The lowest BCUT2D eigenvalue weighted by molar-refractivity contribution is -0.148. The van der Waals surface area contributed by atoms with Crippen LogP contribution in [0.25, 0.3) is 0 Å². The topological polar surface area (TPSA) is 79.7 Å². The molecule has 1 aliphatic carbocycles. The summed E-state index contributed by atoms with van der Waals surface area (Å²) in [7, 11) is 0. The molecule has 0 radical (unpaired) electrons. The molecule has 0 bridgehead atoms. The molecule has 4 aliphatic rings. The highest BCUT2D eigenvalue weighted by molar-refractivity contribution is 6.35. The second-order valence-electron chi connectivity index (χ2n) is 9.87. The van der Waals surface area contributed by atoms with Crippen molar-refractivity contribution in [3.63, 3.8) is 0 Å². The average Bonchev–Trinajstić information content (AvgIpc) is 3.69. The third-order valence-corrected chi connectivity index (χ3v) is 7.80. The molecule has 3 heterocycles. The van der Waals surface area contributed by atoms with Gasteiger partial charge in [-0.25, -0.2) is 0 Å². The summed E-state index contributed by atoms with van der Waals surface area (Å²) < 4.78 is 0. The van der Waals surface area contributed by atoms with Crippen molar-refractivity contribution in [2.24, 2.45) is 5.92 Å². The van der Waals surface area contributed by atoms with E-state index in [2.05, 4.69) is 21.2 Å². The summed E-state index contributed by atoms with van der Waals surface area (Å²) in [5.41, 5.74) is 1.76. The van der Waals surface area contributed by atoms with Crippen LogP contribution < -0.4 is 10.2 Å². The highest BCUT2D eigenvalue weighted by atomic mass is 16.2. The van der Waals surface area contributed by atoms with Crippen LogP contribution in [-0.2, 0) is 9.59 Å². The molecule has 170 valence electrons. The van der Waals surface area contributed by atoms with Gasteiger partial charge in [-0.05, 0) is 81.7 Å². The number of likely N-dealkylation sites (tertiary alicyclic amines) is 2. The molecule has 7 nitrogen and oxygen atoms in total. The highest BCUT2D eigenvalue weighted by Gasteiger charge is 2.43. The zero-order valence-corrected chi connectivity index (χ0v) is 18.7. The smallest absolute Gasteiger partial charge is 0.311 e. The maximum atomic E-state index is 12.9. The number of benzene rings is 1. The second-order valence-corrected chi connectivity index (χ2v) is 9.87. The maximum Gasteiger partial charge on any atom is 0.311 e. The Bertz CT molecular complexity index is 883. The number of carbonyl (C=O) groups is 2. The van der Waals surface area contributed by atoms with Gasteiger partial charge in [-0.1, -0.05) is 0 Å². The number of rotatable bonds is 3. The largest absolute Gasteiger partial charge is 0.371 e. The molecule has 0 aromatic heterocycles. The summed E-state index contributed by atoms with van der Waals surface area (Å²) in [5.74, 6) is -0.262. The van der Waals surface area contributed by atoms with Crippen molar-refractivity contribution in [2.75, 3.05) is 37.6 Å². The van der Waals surface area contributed by atoms with E-state index in [4.69, 9.17) is 5.26 Å². The quantitative estimate of drug-likeness (QED) is 0.736. The molecule has 1 aromatic carbocycles. The number of nitrogens with zero attached hydrogens (tertiary/aromatic N) is 4. The van der Waals surface area contributed by atoms with Crippen LogP contribution in [0, 0.1) is 17.2 Å². The Morgan fingerprint density at radius 3 is 2.38 bits per heavy atom. The molecule has 2 atom stereocenters. The van der Waals surface area contributed by atoms with E-state index in [-0.39, 0.29) is 11.9 Å². The lowest BCUT2D eigenvalue weighted by atomic mass is 9.83. The van der Waals surface area contributed by atoms with Crippen LogP contribution in [0.1, 0.15) is 50.5 Å². The minimum absolute atomic E-state index is 0.0404. The van der Waals surface area contributed by atoms with Gasteiger partial charge in [-0.2, -0.15) is 5.26 Å². The lowest BCUT2D eigenvalue weighted by Crippen LogP contribution is -2.58. The number of anilines is 1. The highest BCUT2D eigenvalue weighted by Crippen LogP contribution is 2.38. The molecule has 7 heteroatoms. The van der Waals surface area contributed by atoms with Gasteiger partial charge >= 0.3 is 11.8 Å². The fourth-order valence-corrected chi connectivity index (χ4v) is 5.91. The van der Waals surface area contributed by atoms with Gasteiger partial charge in [0.2, 0.25) is 0 Å². The summed E-state index contributed by atoms with van der Waals surface area (Å²) in [4.78, 5) is 32.4. The number of hydrogen-bond acceptors (Lipinski definition) is 5. The lowest BCUT2D eigenvalue weighted by Gasteiger charge is -2.47. The molecule has 1 saturated carbocycles. The minimum atomic E-state index is -0.435. The molecule has 3 aliphatic heterocycles. The van der Waals surface area contributed by atoms with Crippen molar-refractivity contribution in [2.45, 2.75) is 63.1 Å². The summed E-state index contributed by atoms with van der Waals surface area (Å²) in [6.07, 6.45) is 7.69. The zero-order valence-electron chi connectivity index (χ0n) is 18.7. The van der Waals surface area contributed by atoms with Crippen LogP contribution in [-0.4, -0.2) is 72.5 Å². The molecule has 2 amide bonds. The van der Waals surface area contributed by atoms with Gasteiger partial charge < -0.3 is 15.1 Å². The number of fused-ring (bicyclic) bond motifs is 1. The fourth-order valence-electron chi connectivity index (χ4n) is 5.91. The molecule has 32 heavy (non-hydrogen) atoms. The van der Waals surface area contributed by atoms with Gasteiger partial charge in [0.25, 0.3) is 0 Å². The van der Waals surface area contributed by atoms with Crippen molar-refractivity contribution in [1.82, 2.24) is 15.1 Å². The van der Waals surface area contributed by atoms with E-state index in [0.717, 1.165) is 50.6 Å². The minimum Gasteiger partial charge on any atom is -0.371 e. The van der Waals surface area contributed by atoms with Crippen LogP contribution in [0.4, 0.5) is 5.69 Å². The van der Waals surface area contributed by atoms with Crippen molar-refractivity contribution < 1.29 is 9.59 Å². The summed E-state index contributed by atoms with van der Waals surface area (Å²) in [6, 6.07) is 11.2. The Morgan fingerprint density at radius 1 is 0.938 bits per heavy atom. The summed E-state index contributed by atoms with van der Waals surface area (Å²) in [5, 5.41) is 12.0. The van der Waals surface area contributed by atoms with Gasteiger partial charge in [0.15, 0.2) is 0 Å². The number of hydrogen-bond donors (Lipinski definition) is 1. The molecular weight excluding hydrogens is 402 g/mol. The number of nitriles is 1. The predicted octanol–water partition coefficient (Wildman–Crippen LogP) is 2.12. The molecule has 3 saturated heterocycles. The first kappa shape index (κ1) is 21.3. The van der Waals surface area contributed by atoms with Gasteiger partial charge in [0.05, 0.1) is 11.6 Å². The molecule has 2 unspecified atom stereocenters. The first-order valence-electron chi connectivity index (χ1n) is 12.2. The van der Waals surface area contributed by atoms with E-state index in [1.807, 2.05) is 24.3 Å². The Hall–Kier alpha value is -2.59. The predicted molar refractivity (Wildman–Crippen MR) is 122 cm³/mol. The number of piperidine rings is 3. The van der Waals surface area contributed by atoms with Crippen molar-refractivity contribution >= 4 is 17.5 Å². The second kappa shape index (κ2) is 9.11. The van der Waals surface area contributed by atoms with E-state index < -0.39 is 5.91 Å². The average molecular weight is 436 g/mol. The van der Waals surface area contributed by atoms with Crippen LogP contribution in [0.3, 0.4) is 0 Å².